The fourth-order valence-electron chi connectivity index (χ4n) is 2.47. The first kappa shape index (κ1) is 22.0. The number of aliphatic carboxylic acids is 1. The topological polar surface area (TPSA) is 95.9 Å². The van der Waals surface area contributed by atoms with Crippen LogP contribution in [0, 0.1) is 0 Å². The summed E-state index contributed by atoms with van der Waals surface area (Å²) in [6.07, 6.45) is 1.52. The molecule has 30 heavy (non-hydrogen) atoms. The number of nitrogens with zero attached hydrogens (tertiary/aromatic N) is 1. The zero-order valence-electron chi connectivity index (χ0n) is 15.3. The van der Waals surface area contributed by atoms with Gasteiger partial charge >= 0.3 is 5.97 Å². The molecular weight excluding hydrogens is 492 g/mol. The molecule has 0 unspecified atom stereocenters. The third-order valence-electron chi connectivity index (χ3n) is 3.87. The summed E-state index contributed by atoms with van der Waals surface area (Å²) >= 11 is 9.62. The second kappa shape index (κ2) is 9.88. The van der Waals surface area contributed by atoms with Gasteiger partial charge < -0.3 is 9.84 Å². The molecule has 2 N–H and O–H groups in total. The van der Waals surface area contributed by atoms with Crippen LogP contribution in [0.15, 0.2) is 57.9 Å². The number of thiocarbonyl (C=S) groups is 1. The lowest BCUT2D eigenvalue weighted by molar-refractivity contribution is -0.137. The smallest absolute Gasteiger partial charge is 0.306 e. The summed E-state index contributed by atoms with van der Waals surface area (Å²) in [7, 11) is 0. The minimum absolute atomic E-state index is 0.0436. The Hall–Kier alpha value is -2.69. The van der Waals surface area contributed by atoms with E-state index >= 15 is 0 Å². The number of thioether (sulfide) groups is 1. The molecule has 0 atom stereocenters. The first-order valence-corrected chi connectivity index (χ1v) is 10.6. The molecule has 0 radical (unpaired) electrons. The highest BCUT2D eigenvalue weighted by molar-refractivity contribution is 9.10. The number of hydrogen-bond acceptors (Lipinski definition) is 6. The van der Waals surface area contributed by atoms with E-state index in [0.29, 0.717) is 26.3 Å². The van der Waals surface area contributed by atoms with E-state index in [-0.39, 0.29) is 17.3 Å². The summed E-state index contributed by atoms with van der Waals surface area (Å²) < 4.78 is 6.21. The highest BCUT2D eigenvalue weighted by Gasteiger charge is 2.34. The van der Waals surface area contributed by atoms with Gasteiger partial charge in [0.15, 0.2) is 4.32 Å². The standard InChI is InChI=1S/C20H15BrN2O5S2/c21-15-7-2-1-6-14(15)18(26)22-23-19(27)16(30-20(23)29)11-12-4-3-5-13(10-12)28-9-8-17(24)25/h1-7,10-11H,8-9H2,(H,22,26)(H,24,25)/b16-11+. The van der Waals surface area contributed by atoms with Gasteiger partial charge in [-0.05, 0) is 64.1 Å². The second-order valence-electron chi connectivity index (χ2n) is 6.00. The number of hydrogen-bond donors (Lipinski definition) is 2. The second-order valence-corrected chi connectivity index (χ2v) is 8.53. The van der Waals surface area contributed by atoms with Gasteiger partial charge in [-0.3, -0.25) is 19.8 Å². The van der Waals surface area contributed by atoms with Gasteiger partial charge in [0.05, 0.1) is 23.5 Å². The Balaban J connectivity index is 1.71. The minimum Gasteiger partial charge on any atom is -0.493 e. The molecule has 154 valence electrons. The van der Waals surface area contributed by atoms with E-state index in [9.17, 15) is 14.4 Å². The fourth-order valence-corrected chi connectivity index (χ4v) is 4.12. The Morgan fingerprint density at radius 3 is 2.73 bits per heavy atom. The predicted molar refractivity (Wildman–Crippen MR) is 121 cm³/mol. The average Bonchev–Trinajstić information content (AvgIpc) is 2.95. The van der Waals surface area contributed by atoms with Crippen molar-refractivity contribution in [1.29, 1.82) is 0 Å². The molecule has 1 fully saturated rings. The first-order chi connectivity index (χ1) is 14.3. The molecular formula is C20H15BrN2O5S2. The van der Waals surface area contributed by atoms with Crippen molar-refractivity contribution in [2.45, 2.75) is 6.42 Å². The third kappa shape index (κ3) is 5.47. The van der Waals surface area contributed by atoms with Gasteiger partial charge in [-0.25, -0.2) is 0 Å². The minimum atomic E-state index is -0.945. The number of nitrogens with one attached hydrogen (secondary N) is 1. The van der Waals surface area contributed by atoms with Gasteiger partial charge in [-0.15, -0.1) is 0 Å². The number of hydrazine groups is 1. The van der Waals surface area contributed by atoms with Crippen molar-refractivity contribution in [3.8, 4) is 5.75 Å². The van der Waals surface area contributed by atoms with Gasteiger partial charge in [-0.1, -0.05) is 36.0 Å². The van der Waals surface area contributed by atoms with Crippen molar-refractivity contribution < 1.29 is 24.2 Å². The molecule has 3 rings (SSSR count). The molecule has 2 aromatic carbocycles. The van der Waals surface area contributed by atoms with Crippen molar-refractivity contribution in [1.82, 2.24) is 10.4 Å². The summed E-state index contributed by atoms with van der Waals surface area (Å²) in [5.41, 5.74) is 3.59. The summed E-state index contributed by atoms with van der Waals surface area (Å²) in [6, 6.07) is 13.7. The highest BCUT2D eigenvalue weighted by atomic mass is 79.9. The largest absolute Gasteiger partial charge is 0.493 e. The van der Waals surface area contributed by atoms with Crippen LogP contribution in [-0.2, 0) is 9.59 Å². The molecule has 0 aliphatic carbocycles. The number of halogens is 1. The lowest BCUT2D eigenvalue weighted by Crippen LogP contribution is -2.44. The number of rotatable bonds is 7. The molecule has 2 amide bonds. The summed E-state index contributed by atoms with van der Waals surface area (Å²) in [5.74, 6) is -1.36. The Morgan fingerprint density at radius 2 is 2.00 bits per heavy atom. The van der Waals surface area contributed by atoms with E-state index < -0.39 is 17.8 Å². The lowest BCUT2D eigenvalue weighted by atomic mass is 10.2. The number of amides is 2. The molecule has 0 saturated carbocycles. The summed E-state index contributed by atoms with van der Waals surface area (Å²) in [4.78, 5) is 36.2. The fraction of sp³-hybridized carbons (Fsp3) is 0.100. The predicted octanol–water partition coefficient (Wildman–Crippen LogP) is 3.85. The Labute approximate surface area is 190 Å². The van der Waals surface area contributed by atoms with Gasteiger partial charge in [0, 0.05) is 4.47 Å². The monoisotopic (exact) mass is 506 g/mol. The Kier molecular flexibility index (Phi) is 7.24. The van der Waals surface area contributed by atoms with Crippen LogP contribution in [0.3, 0.4) is 0 Å². The van der Waals surface area contributed by atoms with Crippen LogP contribution in [0.1, 0.15) is 22.3 Å². The molecule has 1 heterocycles. The van der Waals surface area contributed by atoms with Gasteiger partial charge in [0.25, 0.3) is 11.8 Å². The van der Waals surface area contributed by atoms with Crippen molar-refractivity contribution >= 4 is 68.1 Å². The normalized spacial score (nSPS) is 14.8. The van der Waals surface area contributed by atoms with Crippen LogP contribution in [0.4, 0.5) is 0 Å². The SMILES string of the molecule is O=C(O)CCOc1cccc(/C=C2/SC(=S)N(NC(=O)c3ccccc3Br)C2=O)c1. The Bertz CT molecular complexity index is 1060. The third-order valence-corrected chi connectivity index (χ3v) is 5.86. The van der Waals surface area contributed by atoms with Crippen LogP contribution < -0.4 is 10.2 Å². The average molecular weight is 507 g/mol. The van der Waals surface area contributed by atoms with E-state index in [4.69, 9.17) is 22.1 Å². The van der Waals surface area contributed by atoms with Gasteiger partial charge in [-0.2, -0.15) is 5.01 Å². The van der Waals surface area contributed by atoms with E-state index in [1.807, 2.05) is 0 Å². The number of benzene rings is 2. The summed E-state index contributed by atoms with van der Waals surface area (Å²) in [6.45, 7) is 0.0436. The van der Waals surface area contributed by atoms with Crippen molar-refractivity contribution in [3.05, 3.63) is 69.0 Å². The molecule has 2 aromatic rings. The van der Waals surface area contributed by atoms with E-state index in [1.54, 1.807) is 54.6 Å². The van der Waals surface area contributed by atoms with Crippen molar-refractivity contribution in [3.63, 3.8) is 0 Å². The molecule has 0 spiro atoms. The molecule has 10 heteroatoms. The van der Waals surface area contributed by atoms with E-state index in [2.05, 4.69) is 21.4 Å². The number of carbonyl (C=O) groups is 3. The number of carbonyl (C=O) groups excluding carboxylic acids is 2. The molecule has 0 bridgehead atoms. The zero-order valence-corrected chi connectivity index (χ0v) is 18.6. The van der Waals surface area contributed by atoms with Crippen LogP contribution in [0.2, 0.25) is 0 Å². The van der Waals surface area contributed by atoms with E-state index in [1.165, 1.54) is 0 Å². The van der Waals surface area contributed by atoms with Crippen LogP contribution in [0.5, 0.6) is 5.75 Å². The molecule has 1 aliphatic rings. The van der Waals surface area contributed by atoms with Crippen LogP contribution in [0.25, 0.3) is 6.08 Å². The Morgan fingerprint density at radius 1 is 1.23 bits per heavy atom. The highest BCUT2D eigenvalue weighted by Crippen LogP contribution is 2.32. The molecule has 1 aliphatic heterocycles. The van der Waals surface area contributed by atoms with Gasteiger partial charge in [0.1, 0.15) is 5.75 Å². The van der Waals surface area contributed by atoms with E-state index in [0.717, 1.165) is 16.8 Å². The lowest BCUT2D eigenvalue weighted by Gasteiger charge is -2.16. The number of ether oxygens (including phenoxy) is 1. The molecule has 1 saturated heterocycles. The first-order valence-electron chi connectivity index (χ1n) is 8.63. The summed E-state index contributed by atoms with van der Waals surface area (Å²) in [5, 5.41) is 9.73. The molecule has 7 nitrogen and oxygen atoms in total. The maximum absolute atomic E-state index is 12.7. The number of carboxylic acid groups (broad SMARTS) is 1. The van der Waals surface area contributed by atoms with Crippen LogP contribution >= 0.6 is 39.9 Å². The quantitative estimate of drug-likeness (QED) is 0.434. The zero-order chi connectivity index (χ0) is 21.7. The van der Waals surface area contributed by atoms with Gasteiger partial charge in [0.2, 0.25) is 0 Å². The molecule has 0 aromatic heterocycles. The maximum Gasteiger partial charge on any atom is 0.306 e. The number of carboxylic acids is 1. The van der Waals surface area contributed by atoms with Crippen molar-refractivity contribution in [2.24, 2.45) is 0 Å². The maximum atomic E-state index is 12.7. The van der Waals surface area contributed by atoms with Crippen LogP contribution in [-0.4, -0.2) is 38.8 Å². The van der Waals surface area contributed by atoms with Crippen molar-refractivity contribution in [2.75, 3.05) is 6.61 Å².